The van der Waals surface area contributed by atoms with Crippen molar-refractivity contribution in [1.82, 2.24) is 9.97 Å². The van der Waals surface area contributed by atoms with Gasteiger partial charge in [-0.2, -0.15) is 4.98 Å². The van der Waals surface area contributed by atoms with Crippen molar-refractivity contribution in [2.24, 2.45) is 0 Å². The van der Waals surface area contributed by atoms with Gasteiger partial charge in [0.05, 0.1) is 5.60 Å². The van der Waals surface area contributed by atoms with E-state index in [2.05, 4.69) is 39.5 Å². The summed E-state index contributed by atoms with van der Waals surface area (Å²) in [6.07, 6.45) is 2.75. The van der Waals surface area contributed by atoms with Crippen molar-refractivity contribution >= 4 is 11.8 Å². The van der Waals surface area contributed by atoms with Gasteiger partial charge in [0.1, 0.15) is 5.82 Å². The molecule has 1 aromatic heterocycles. The van der Waals surface area contributed by atoms with Crippen molar-refractivity contribution in [2.75, 3.05) is 16.8 Å². The van der Waals surface area contributed by atoms with Crippen LogP contribution in [0, 0.1) is 0 Å². The first-order valence-electron chi connectivity index (χ1n) is 9.69. The summed E-state index contributed by atoms with van der Waals surface area (Å²) in [5.41, 5.74) is 3.96. The third-order valence-corrected chi connectivity index (χ3v) is 5.18. The highest BCUT2D eigenvalue weighted by molar-refractivity contribution is 5.47. The molecule has 0 radical (unpaired) electrons. The fraction of sp³-hybridized carbons (Fsp3) is 0.304. The summed E-state index contributed by atoms with van der Waals surface area (Å²) in [6, 6.07) is 18.5. The van der Waals surface area contributed by atoms with Crippen molar-refractivity contribution < 1.29 is 5.11 Å². The molecule has 0 bridgehead atoms. The van der Waals surface area contributed by atoms with Crippen molar-refractivity contribution in [3.05, 3.63) is 83.0 Å². The monoisotopic (exact) mass is 374 g/mol. The van der Waals surface area contributed by atoms with E-state index >= 15 is 0 Å². The number of anilines is 2. The minimum Gasteiger partial charge on any atom is -0.386 e. The molecule has 0 aliphatic carbocycles. The van der Waals surface area contributed by atoms with Gasteiger partial charge in [-0.05, 0) is 48.6 Å². The Bertz CT molecular complexity index is 950. The van der Waals surface area contributed by atoms with Crippen LogP contribution in [0.1, 0.15) is 36.1 Å². The zero-order chi connectivity index (χ0) is 19.6. The maximum atomic E-state index is 10.2. The number of benzene rings is 2. The molecule has 0 unspecified atom stereocenters. The zero-order valence-electron chi connectivity index (χ0n) is 16.4. The Morgan fingerprint density at radius 3 is 2.68 bits per heavy atom. The highest BCUT2D eigenvalue weighted by atomic mass is 16.3. The van der Waals surface area contributed by atoms with Gasteiger partial charge in [-0.15, -0.1) is 0 Å². The van der Waals surface area contributed by atoms with Crippen molar-refractivity contribution in [3.63, 3.8) is 0 Å². The maximum absolute atomic E-state index is 10.2. The third kappa shape index (κ3) is 4.15. The van der Waals surface area contributed by atoms with E-state index in [1.165, 1.54) is 16.7 Å². The standard InChI is InChI=1S/C23H26N4O/c1-23(2,28)20-9-8-19-16-27(13-11-18(19)14-20)21-10-12-24-22(26-21)25-15-17-6-4-3-5-7-17/h3-10,12,14,28H,11,13,15-16H2,1-2H3,(H,24,25,26). The Morgan fingerprint density at radius 2 is 1.89 bits per heavy atom. The molecule has 2 aromatic carbocycles. The molecule has 0 fully saturated rings. The van der Waals surface area contributed by atoms with Crippen LogP contribution in [0.5, 0.6) is 0 Å². The molecule has 0 spiro atoms. The number of rotatable bonds is 5. The fourth-order valence-electron chi connectivity index (χ4n) is 3.52. The first kappa shape index (κ1) is 18.4. The summed E-state index contributed by atoms with van der Waals surface area (Å²) in [6.45, 7) is 6.07. The molecule has 5 heteroatoms. The van der Waals surface area contributed by atoms with E-state index in [0.717, 1.165) is 30.9 Å². The predicted molar refractivity (Wildman–Crippen MR) is 112 cm³/mol. The van der Waals surface area contributed by atoms with Crippen molar-refractivity contribution in [2.45, 2.75) is 39.0 Å². The molecule has 0 amide bonds. The van der Waals surface area contributed by atoms with E-state index in [1.54, 1.807) is 0 Å². The minimum absolute atomic E-state index is 0.643. The van der Waals surface area contributed by atoms with Gasteiger partial charge in [0, 0.05) is 25.8 Å². The molecule has 5 nitrogen and oxygen atoms in total. The van der Waals surface area contributed by atoms with Crippen molar-refractivity contribution in [1.29, 1.82) is 0 Å². The summed E-state index contributed by atoms with van der Waals surface area (Å²) < 4.78 is 0. The predicted octanol–water partition coefficient (Wildman–Crippen LogP) is 3.88. The van der Waals surface area contributed by atoms with Crippen LogP contribution in [-0.4, -0.2) is 21.6 Å². The molecule has 0 saturated heterocycles. The molecule has 1 aliphatic rings. The molecule has 4 rings (SSSR count). The Kier molecular flexibility index (Phi) is 5.01. The van der Waals surface area contributed by atoms with Crippen molar-refractivity contribution in [3.8, 4) is 0 Å². The molecule has 3 aromatic rings. The fourth-order valence-corrected chi connectivity index (χ4v) is 3.52. The summed E-state index contributed by atoms with van der Waals surface area (Å²) in [5, 5.41) is 13.6. The second-order valence-electron chi connectivity index (χ2n) is 7.79. The molecule has 2 heterocycles. The molecule has 0 atom stereocenters. The van der Waals surface area contributed by atoms with E-state index < -0.39 is 5.60 Å². The average molecular weight is 374 g/mol. The molecular formula is C23H26N4O. The Labute approximate surface area is 166 Å². The van der Waals surface area contributed by atoms with Gasteiger partial charge < -0.3 is 15.3 Å². The number of hydrogen-bond acceptors (Lipinski definition) is 5. The second kappa shape index (κ2) is 7.60. The van der Waals surface area contributed by atoms with Crippen LogP contribution in [0.25, 0.3) is 0 Å². The SMILES string of the molecule is CC(C)(O)c1ccc2c(c1)CCN(c1ccnc(NCc3ccccc3)n1)C2. The quantitative estimate of drug-likeness (QED) is 0.710. The van der Waals surface area contributed by atoms with Crippen LogP contribution in [0.4, 0.5) is 11.8 Å². The van der Waals surface area contributed by atoms with E-state index in [1.807, 2.05) is 50.4 Å². The number of fused-ring (bicyclic) bond motifs is 1. The highest BCUT2D eigenvalue weighted by Crippen LogP contribution is 2.28. The summed E-state index contributed by atoms with van der Waals surface area (Å²) in [7, 11) is 0. The highest BCUT2D eigenvalue weighted by Gasteiger charge is 2.22. The number of hydrogen-bond donors (Lipinski definition) is 2. The number of nitrogens with zero attached hydrogens (tertiary/aromatic N) is 3. The van der Waals surface area contributed by atoms with Gasteiger partial charge in [0.25, 0.3) is 0 Å². The molecule has 1 aliphatic heterocycles. The van der Waals surface area contributed by atoms with Gasteiger partial charge in [0.15, 0.2) is 0 Å². The second-order valence-corrected chi connectivity index (χ2v) is 7.79. The van der Waals surface area contributed by atoms with Crippen LogP contribution in [0.15, 0.2) is 60.8 Å². The lowest BCUT2D eigenvalue weighted by Gasteiger charge is -2.31. The van der Waals surface area contributed by atoms with Gasteiger partial charge in [-0.1, -0.05) is 48.5 Å². The molecule has 28 heavy (non-hydrogen) atoms. The van der Waals surface area contributed by atoms with E-state index in [9.17, 15) is 5.11 Å². The Hall–Kier alpha value is -2.92. The topological polar surface area (TPSA) is 61.3 Å². The molecule has 144 valence electrons. The lowest BCUT2D eigenvalue weighted by atomic mass is 9.91. The van der Waals surface area contributed by atoms with Gasteiger partial charge in [0.2, 0.25) is 5.95 Å². The van der Waals surface area contributed by atoms with Gasteiger partial charge in [-0.3, -0.25) is 0 Å². The molecule has 2 N–H and O–H groups in total. The van der Waals surface area contributed by atoms with Crippen LogP contribution in [0.2, 0.25) is 0 Å². The lowest BCUT2D eigenvalue weighted by molar-refractivity contribution is 0.0785. The van der Waals surface area contributed by atoms with E-state index in [0.29, 0.717) is 12.5 Å². The third-order valence-electron chi connectivity index (χ3n) is 5.18. The summed E-state index contributed by atoms with van der Waals surface area (Å²) in [5.74, 6) is 1.58. The molecular weight excluding hydrogens is 348 g/mol. The number of aromatic nitrogens is 2. The minimum atomic E-state index is -0.807. The number of nitrogens with one attached hydrogen (secondary N) is 1. The smallest absolute Gasteiger partial charge is 0.224 e. The Balaban J connectivity index is 1.47. The zero-order valence-corrected chi connectivity index (χ0v) is 16.4. The van der Waals surface area contributed by atoms with Gasteiger partial charge in [-0.25, -0.2) is 4.98 Å². The maximum Gasteiger partial charge on any atom is 0.224 e. The van der Waals surface area contributed by atoms with E-state index in [4.69, 9.17) is 4.98 Å². The van der Waals surface area contributed by atoms with Crippen LogP contribution in [0.3, 0.4) is 0 Å². The lowest BCUT2D eigenvalue weighted by Crippen LogP contribution is -2.31. The average Bonchev–Trinajstić information content (AvgIpc) is 2.72. The van der Waals surface area contributed by atoms with Gasteiger partial charge >= 0.3 is 0 Å². The van der Waals surface area contributed by atoms with Crippen LogP contribution < -0.4 is 10.2 Å². The summed E-state index contributed by atoms with van der Waals surface area (Å²) in [4.78, 5) is 11.3. The largest absolute Gasteiger partial charge is 0.386 e. The number of aliphatic hydroxyl groups is 1. The first-order valence-corrected chi connectivity index (χ1v) is 9.69. The van der Waals surface area contributed by atoms with E-state index in [-0.39, 0.29) is 0 Å². The summed E-state index contributed by atoms with van der Waals surface area (Å²) >= 11 is 0. The Morgan fingerprint density at radius 1 is 1.07 bits per heavy atom. The first-order chi connectivity index (χ1) is 13.5. The van der Waals surface area contributed by atoms with Crippen LogP contribution in [-0.2, 0) is 25.1 Å². The van der Waals surface area contributed by atoms with Crippen LogP contribution >= 0.6 is 0 Å². The normalized spacial score (nSPS) is 13.9. The molecule has 0 saturated carbocycles.